The first-order chi connectivity index (χ1) is 29.7. The Bertz CT molecular complexity index is 1500. The fraction of sp³-hybridized carbons (Fsp3) is 0.956. The van der Waals surface area contributed by atoms with Gasteiger partial charge in [-0.3, -0.25) is 4.79 Å². The van der Waals surface area contributed by atoms with Crippen LogP contribution in [0, 0.1) is 29.6 Å². The number of carbonyl (C=O) groups excluding carboxylic acids is 1. The van der Waals surface area contributed by atoms with Crippen LogP contribution < -0.4 is 0 Å². The highest BCUT2D eigenvalue weighted by Crippen LogP contribution is 2.41. The monoisotopic (exact) mass is 923 g/mol. The molecule has 4 saturated heterocycles. The van der Waals surface area contributed by atoms with Gasteiger partial charge in [-0.1, -0.05) is 39.8 Å². The molecule has 23 atom stereocenters. The zero-order valence-corrected chi connectivity index (χ0v) is 40.7. The highest BCUT2D eigenvalue weighted by Gasteiger charge is 2.54. The minimum Gasteiger partial charge on any atom is -0.459 e. The summed E-state index contributed by atoms with van der Waals surface area (Å²) in [5.41, 5.74) is -4.84. The lowest BCUT2D eigenvalue weighted by Gasteiger charge is -2.49. The Morgan fingerprint density at radius 1 is 0.812 bits per heavy atom. The Morgan fingerprint density at radius 3 is 2.02 bits per heavy atom. The van der Waals surface area contributed by atoms with Crippen LogP contribution in [-0.4, -0.2) is 196 Å². The number of methoxy groups -OCH3 is 2. The quantitative estimate of drug-likeness (QED) is 0.114. The Hall–Kier alpha value is -1.66. The number of hydrogen-bond acceptors (Lipinski definition) is 19. The van der Waals surface area contributed by atoms with Gasteiger partial charge < -0.3 is 83.4 Å². The van der Waals surface area contributed by atoms with Crippen LogP contribution in [0.4, 0.5) is 0 Å². The van der Waals surface area contributed by atoms with Crippen LogP contribution >= 0.6 is 0 Å². The second-order valence-electron chi connectivity index (χ2n) is 20.0. The molecular weight excluding hydrogens is 840 g/mol. The number of rotatable bonds is 11. The largest absolute Gasteiger partial charge is 0.459 e. The van der Waals surface area contributed by atoms with E-state index >= 15 is 0 Å². The molecule has 7 N–H and O–H groups in total. The van der Waals surface area contributed by atoms with E-state index in [4.69, 9.17) is 42.7 Å². The molecule has 0 unspecified atom stereocenters. The van der Waals surface area contributed by atoms with Gasteiger partial charge in [0.05, 0.1) is 66.1 Å². The predicted molar refractivity (Wildman–Crippen MR) is 231 cm³/mol. The highest BCUT2D eigenvalue weighted by atomic mass is 16.7. The smallest absolute Gasteiger partial charge is 0.311 e. The van der Waals surface area contributed by atoms with Crippen LogP contribution in [-0.2, 0) is 47.5 Å². The van der Waals surface area contributed by atoms with Crippen molar-refractivity contribution >= 4 is 11.7 Å². The minimum absolute atomic E-state index is 0.0617. The average molecular weight is 923 g/mol. The molecule has 4 heterocycles. The molecule has 374 valence electrons. The summed E-state index contributed by atoms with van der Waals surface area (Å²) in [7, 11) is 6.51. The van der Waals surface area contributed by atoms with Crippen LogP contribution in [0.5, 0.6) is 0 Å². The zero-order valence-electron chi connectivity index (χ0n) is 40.7. The Balaban J connectivity index is 1.90. The van der Waals surface area contributed by atoms with Gasteiger partial charge in [0.2, 0.25) is 0 Å². The molecule has 64 heavy (non-hydrogen) atoms. The topological polar surface area (TPSA) is 257 Å². The van der Waals surface area contributed by atoms with Crippen molar-refractivity contribution in [2.75, 3.05) is 34.9 Å². The van der Waals surface area contributed by atoms with Crippen molar-refractivity contribution in [2.24, 2.45) is 34.7 Å². The molecular formula is C45H82N2O17. The second kappa shape index (κ2) is 22.2. The number of aliphatic hydroxyl groups is 7. The van der Waals surface area contributed by atoms with E-state index in [1.54, 1.807) is 62.3 Å². The van der Waals surface area contributed by atoms with E-state index in [0.29, 0.717) is 6.42 Å². The molecule has 0 aromatic carbocycles. The van der Waals surface area contributed by atoms with Crippen molar-refractivity contribution in [3.05, 3.63) is 0 Å². The standard InChI is InChI=1S/C45H82N2O17/c1-16-30-45(11,55)37(51)24(5)32(46-64-36-23(4)29(20-48)60-41(56-14)34(36)50)21(2)18-43(9,54)39(63-42-33(49)28(47(12)13)17-22(3)58-42)25(6)35(26(7)40(53)61-30)62-31-19-44(10,57-15)38(52)27(8)59-31/h21-31,33-39,41-42,48-52,54-55H,16-20H2,1-15H3/b46-32+/t21-,22+,23-,24+,25+,26-,27-,28-,29-,30-,31-,33+,34-,35+,36-,37-,38-,39-,41-,42-,43-,44+,45-/m1/s1. The summed E-state index contributed by atoms with van der Waals surface area (Å²) in [5, 5.41) is 85.9. The Morgan fingerprint density at radius 2 is 1.45 bits per heavy atom. The molecule has 0 aromatic rings. The second-order valence-corrected chi connectivity index (χ2v) is 20.0. The van der Waals surface area contributed by atoms with Gasteiger partial charge in [0, 0.05) is 50.4 Å². The van der Waals surface area contributed by atoms with Gasteiger partial charge in [-0.25, -0.2) is 0 Å². The lowest BCUT2D eigenvalue weighted by Crippen LogP contribution is -2.61. The number of aliphatic hydroxyl groups excluding tert-OH is 5. The molecule has 4 rings (SSSR count). The van der Waals surface area contributed by atoms with Gasteiger partial charge in [0.1, 0.15) is 30.0 Å². The maximum absolute atomic E-state index is 14.5. The number of ether oxygens (including phenoxy) is 8. The number of carbonyl (C=O) groups is 1. The summed E-state index contributed by atoms with van der Waals surface area (Å²) < 4.78 is 48.9. The Kier molecular flexibility index (Phi) is 19.0. The molecule has 4 aliphatic heterocycles. The van der Waals surface area contributed by atoms with Crippen molar-refractivity contribution in [1.29, 1.82) is 0 Å². The number of oxime groups is 1. The summed E-state index contributed by atoms with van der Waals surface area (Å²) in [6.45, 7) is 18.0. The molecule has 0 radical (unpaired) electrons. The van der Waals surface area contributed by atoms with Gasteiger partial charge in [0.15, 0.2) is 25.0 Å². The number of cyclic esters (lactones) is 1. The molecule has 0 aliphatic carbocycles. The fourth-order valence-electron chi connectivity index (χ4n) is 10.3. The van der Waals surface area contributed by atoms with E-state index in [1.807, 2.05) is 25.9 Å². The summed E-state index contributed by atoms with van der Waals surface area (Å²) in [6.07, 6.45) is -14.6. The van der Waals surface area contributed by atoms with E-state index in [1.165, 1.54) is 21.1 Å². The average Bonchev–Trinajstić information content (AvgIpc) is 3.23. The summed E-state index contributed by atoms with van der Waals surface area (Å²) >= 11 is 0. The van der Waals surface area contributed by atoms with E-state index < -0.39 is 139 Å². The fourth-order valence-corrected chi connectivity index (χ4v) is 10.3. The van der Waals surface area contributed by atoms with Crippen LogP contribution in [0.25, 0.3) is 0 Å². The van der Waals surface area contributed by atoms with Gasteiger partial charge in [-0.2, -0.15) is 0 Å². The van der Waals surface area contributed by atoms with Crippen LogP contribution in [0.15, 0.2) is 5.16 Å². The molecule has 19 heteroatoms. The summed E-state index contributed by atoms with van der Waals surface area (Å²) in [6, 6.07) is -0.370. The lowest BCUT2D eigenvalue weighted by atomic mass is 9.73. The maximum atomic E-state index is 14.5. The molecule has 0 bridgehead atoms. The zero-order chi connectivity index (χ0) is 48.4. The summed E-state index contributed by atoms with van der Waals surface area (Å²) in [4.78, 5) is 22.5. The highest BCUT2D eigenvalue weighted by molar-refractivity contribution is 5.88. The van der Waals surface area contributed by atoms with Crippen LogP contribution in [0.3, 0.4) is 0 Å². The molecule has 0 spiro atoms. The van der Waals surface area contributed by atoms with Crippen LogP contribution in [0.1, 0.15) is 102 Å². The normalized spacial score (nSPS) is 49.9. The lowest BCUT2D eigenvalue weighted by molar-refractivity contribution is -0.317. The van der Waals surface area contributed by atoms with Gasteiger partial charge in [-0.15, -0.1) is 0 Å². The maximum Gasteiger partial charge on any atom is 0.311 e. The Labute approximate surface area is 379 Å². The molecule has 0 aromatic heterocycles. The number of nitrogens with zero attached hydrogens (tertiary/aromatic N) is 2. The van der Waals surface area contributed by atoms with Crippen molar-refractivity contribution in [1.82, 2.24) is 4.90 Å². The number of hydrogen-bond donors (Lipinski definition) is 7. The van der Waals surface area contributed by atoms with E-state index in [0.717, 1.165) is 0 Å². The minimum atomic E-state index is -2.06. The third-order valence-electron chi connectivity index (χ3n) is 14.6. The SMILES string of the molecule is CC[C@H]1OC(=O)[C@H](C)[C@@H](O[C@@H]2C[C@](C)(OC)[C@H](O)[C@@H](C)O2)[C@H](C)[C@@H](O[C@H]2O[C@@H](C)C[C@@H](N(C)C)[C@@H]2O)[C@](C)(O)C[C@@H](C)/C(=N\O[C@@H]2[C@H](C)[C@@H](CO)O[C@@H](OC)[C@@H]2O)[C@H](C)[C@@H](O)[C@]1(C)O. The van der Waals surface area contributed by atoms with E-state index in [9.17, 15) is 40.5 Å². The number of likely N-dealkylation sites (N-methyl/N-ethyl adjacent to an activating group) is 1. The third kappa shape index (κ3) is 11.8. The first-order valence-electron chi connectivity index (χ1n) is 22.9. The van der Waals surface area contributed by atoms with Gasteiger partial charge >= 0.3 is 5.97 Å². The predicted octanol–water partition coefficient (Wildman–Crippen LogP) is 1.32. The van der Waals surface area contributed by atoms with Crippen molar-refractivity contribution in [3.63, 3.8) is 0 Å². The molecule has 4 fully saturated rings. The van der Waals surface area contributed by atoms with E-state index in [2.05, 4.69) is 5.16 Å². The van der Waals surface area contributed by atoms with Crippen molar-refractivity contribution in [3.8, 4) is 0 Å². The number of esters is 1. The van der Waals surface area contributed by atoms with Crippen molar-refractivity contribution in [2.45, 2.75) is 211 Å². The van der Waals surface area contributed by atoms with Gasteiger partial charge in [-0.05, 0) is 74.9 Å². The van der Waals surface area contributed by atoms with E-state index in [-0.39, 0.29) is 37.1 Å². The third-order valence-corrected chi connectivity index (χ3v) is 14.6. The van der Waals surface area contributed by atoms with Gasteiger partial charge in [0.25, 0.3) is 0 Å². The first kappa shape index (κ1) is 54.9. The molecule has 4 aliphatic rings. The van der Waals surface area contributed by atoms with Crippen molar-refractivity contribution < 1.29 is 83.3 Å². The molecule has 0 saturated carbocycles. The van der Waals surface area contributed by atoms with Crippen LogP contribution in [0.2, 0.25) is 0 Å². The summed E-state index contributed by atoms with van der Waals surface area (Å²) in [5.74, 6) is -5.16. The first-order valence-corrected chi connectivity index (χ1v) is 22.9. The molecule has 0 amide bonds. The molecule has 19 nitrogen and oxygen atoms in total.